The van der Waals surface area contributed by atoms with Crippen molar-refractivity contribution in [1.82, 2.24) is 4.98 Å². The van der Waals surface area contributed by atoms with E-state index in [0.717, 1.165) is 32.3 Å². The van der Waals surface area contributed by atoms with Crippen LogP contribution in [0.25, 0.3) is 15.7 Å². The van der Waals surface area contributed by atoms with Gasteiger partial charge in [-0.05, 0) is 46.7 Å². The van der Waals surface area contributed by atoms with Gasteiger partial charge in [-0.25, -0.2) is 4.79 Å². The Balaban J connectivity index is 2.07. The number of aryl methyl sites for hydroxylation is 1. The van der Waals surface area contributed by atoms with E-state index in [0.29, 0.717) is 4.88 Å². The number of carbonyl (C=O) groups is 1. The standard InChI is InChI=1S/C18H15NO2S/c1-11(14-5-4-8-19-10-14)13-6-7-15-12(2)17(18(20)21-3)22-16(15)9-13/h4-10H,1H2,2-3H3. The quantitative estimate of drug-likeness (QED) is 0.671. The average Bonchev–Trinajstić information content (AvgIpc) is 2.90. The minimum atomic E-state index is -0.286. The summed E-state index contributed by atoms with van der Waals surface area (Å²) in [5, 5.41) is 1.08. The zero-order valence-corrected chi connectivity index (χ0v) is 13.2. The Morgan fingerprint density at radius 3 is 2.77 bits per heavy atom. The highest BCUT2D eigenvalue weighted by Gasteiger charge is 2.16. The van der Waals surface area contributed by atoms with Gasteiger partial charge in [-0.2, -0.15) is 0 Å². The van der Waals surface area contributed by atoms with Crippen molar-refractivity contribution in [3.05, 3.63) is 70.9 Å². The molecule has 0 spiro atoms. The van der Waals surface area contributed by atoms with Crippen molar-refractivity contribution >= 4 is 33.0 Å². The van der Waals surface area contributed by atoms with Gasteiger partial charge in [0.1, 0.15) is 4.88 Å². The van der Waals surface area contributed by atoms with Crippen LogP contribution in [0.5, 0.6) is 0 Å². The summed E-state index contributed by atoms with van der Waals surface area (Å²) in [6.45, 7) is 6.10. The van der Waals surface area contributed by atoms with Crippen LogP contribution in [-0.4, -0.2) is 18.1 Å². The van der Waals surface area contributed by atoms with Crippen molar-refractivity contribution in [1.29, 1.82) is 0 Å². The maximum Gasteiger partial charge on any atom is 0.348 e. The van der Waals surface area contributed by atoms with Crippen LogP contribution in [0.4, 0.5) is 0 Å². The zero-order valence-electron chi connectivity index (χ0n) is 12.4. The van der Waals surface area contributed by atoms with Gasteiger partial charge in [-0.3, -0.25) is 4.98 Å². The summed E-state index contributed by atoms with van der Waals surface area (Å²) < 4.78 is 5.90. The smallest absolute Gasteiger partial charge is 0.348 e. The first-order chi connectivity index (χ1) is 10.6. The monoisotopic (exact) mass is 309 g/mol. The molecule has 0 unspecified atom stereocenters. The van der Waals surface area contributed by atoms with Crippen LogP contribution in [0.2, 0.25) is 0 Å². The molecule has 0 radical (unpaired) electrons. The first-order valence-electron chi connectivity index (χ1n) is 6.83. The summed E-state index contributed by atoms with van der Waals surface area (Å²) in [6, 6.07) is 10.0. The van der Waals surface area contributed by atoms with Crippen LogP contribution < -0.4 is 0 Å². The molecule has 0 aliphatic heterocycles. The summed E-state index contributed by atoms with van der Waals surface area (Å²) in [4.78, 5) is 16.6. The number of ether oxygens (including phenoxy) is 1. The third-order valence-corrected chi connectivity index (χ3v) is 4.90. The summed E-state index contributed by atoms with van der Waals surface area (Å²) in [7, 11) is 1.40. The lowest BCUT2D eigenvalue weighted by Crippen LogP contribution is -1.99. The van der Waals surface area contributed by atoms with Gasteiger partial charge in [-0.1, -0.05) is 24.8 Å². The van der Waals surface area contributed by atoms with Crippen molar-refractivity contribution in [2.45, 2.75) is 6.92 Å². The molecule has 110 valence electrons. The van der Waals surface area contributed by atoms with Gasteiger partial charge < -0.3 is 4.74 Å². The van der Waals surface area contributed by atoms with Crippen LogP contribution >= 0.6 is 11.3 Å². The van der Waals surface area contributed by atoms with E-state index in [9.17, 15) is 4.79 Å². The average molecular weight is 309 g/mol. The topological polar surface area (TPSA) is 39.2 Å². The number of carbonyl (C=O) groups excluding carboxylic acids is 1. The minimum Gasteiger partial charge on any atom is -0.465 e. The largest absolute Gasteiger partial charge is 0.465 e. The van der Waals surface area contributed by atoms with Crippen LogP contribution in [0.15, 0.2) is 49.3 Å². The fourth-order valence-electron chi connectivity index (χ4n) is 2.41. The lowest BCUT2D eigenvalue weighted by Gasteiger charge is -2.06. The molecule has 0 N–H and O–H groups in total. The van der Waals surface area contributed by atoms with Gasteiger partial charge in [-0.15, -0.1) is 11.3 Å². The second kappa shape index (κ2) is 5.73. The normalized spacial score (nSPS) is 10.6. The van der Waals surface area contributed by atoms with Crippen LogP contribution in [0, 0.1) is 6.92 Å². The molecule has 0 aliphatic carbocycles. The van der Waals surface area contributed by atoms with Crippen LogP contribution in [0.3, 0.4) is 0 Å². The Morgan fingerprint density at radius 2 is 2.09 bits per heavy atom. The third kappa shape index (κ3) is 2.42. The molecule has 0 atom stereocenters. The molecule has 0 fully saturated rings. The number of hydrogen-bond acceptors (Lipinski definition) is 4. The number of aromatic nitrogens is 1. The van der Waals surface area contributed by atoms with E-state index < -0.39 is 0 Å². The maximum atomic E-state index is 11.8. The molecule has 3 rings (SSSR count). The van der Waals surface area contributed by atoms with Crippen molar-refractivity contribution in [2.24, 2.45) is 0 Å². The predicted molar refractivity (Wildman–Crippen MR) is 90.3 cm³/mol. The number of hydrogen-bond donors (Lipinski definition) is 0. The molecule has 0 saturated carbocycles. The zero-order chi connectivity index (χ0) is 15.7. The molecular formula is C18H15NO2S. The fraction of sp³-hybridized carbons (Fsp3) is 0.111. The number of fused-ring (bicyclic) bond motifs is 1. The van der Waals surface area contributed by atoms with E-state index in [4.69, 9.17) is 4.74 Å². The summed E-state index contributed by atoms with van der Waals surface area (Å²) in [6.07, 6.45) is 3.54. The van der Waals surface area contributed by atoms with Gasteiger partial charge >= 0.3 is 5.97 Å². The van der Waals surface area contributed by atoms with Gasteiger partial charge in [0.25, 0.3) is 0 Å². The second-order valence-corrected chi connectivity index (χ2v) is 6.03. The van der Waals surface area contributed by atoms with Gasteiger partial charge in [0, 0.05) is 17.1 Å². The van der Waals surface area contributed by atoms with E-state index in [1.54, 1.807) is 12.4 Å². The fourth-order valence-corrected chi connectivity index (χ4v) is 3.58. The molecule has 0 amide bonds. The summed E-state index contributed by atoms with van der Waals surface area (Å²) >= 11 is 1.45. The Kier molecular flexibility index (Phi) is 3.77. The first kappa shape index (κ1) is 14.5. The molecule has 2 heterocycles. The first-order valence-corrected chi connectivity index (χ1v) is 7.64. The van der Waals surface area contributed by atoms with E-state index in [1.807, 2.05) is 31.2 Å². The van der Waals surface area contributed by atoms with Crippen LogP contribution in [-0.2, 0) is 4.74 Å². The minimum absolute atomic E-state index is 0.286. The molecular weight excluding hydrogens is 294 g/mol. The van der Waals surface area contributed by atoms with Crippen molar-refractivity contribution < 1.29 is 9.53 Å². The second-order valence-electron chi connectivity index (χ2n) is 4.98. The number of rotatable bonds is 3. The van der Waals surface area contributed by atoms with Gasteiger partial charge in [0.05, 0.1) is 7.11 Å². The molecule has 4 heteroatoms. The molecule has 0 saturated heterocycles. The lowest BCUT2D eigenvalue weighted by atomic mass is 10.00. The highest BCUT2D eigenvalue weighted by molar-refractivity contribution is 7.21. The predicted octanol–water partition coefficient (Wildman–Crippen LogP) is 4.45. The SMILES string of the molecule is C=C(c1cccnc1)c1ccc2c(C)c(C(=O)OC)sc2c1. The molecule has 3 aromatic rings. The Labute approximate surface area is 132 Å². The Bertz CT molecular complexity index is 865. The molecule has 0 aliphatic rings. The summed E-state index contributed by atoms with van der Waals surface area (Å²) in [5.41, 5.74) is 3.90. The molecule has 0 bridgehead atoms. The number of thiophene rings is 1. The van der Waals surface area contributed by atoms with E-state index in [2.05, 4.69) is 17.6 Å². The lowest BCUT2D eigenvalue weighted by molar-refractivity contribution is 0.0605. The van der Waals surface area contributed by atoms with Gasteiger partial charge in [0.2, 0.25) is 0 Å². The van der Waals surface area contributed by atoms with Crippen LogP contribution in [0.1, 0.15) is 26.4 Å². The van der Waals surface area contributed by atoms with E-state index in [1.165, 1.54) is 18.4 Å². The Hall–Kier alpha value is -2.46. The number of nitrogens with zero attached hydrogens (tertiary/aromatic N) is 1. The van der Waals surface area contributed by atoms with E-state index >= 15 is 0 Å². The van der Waals surface area contributed by atoms with E-state index in [-0.39, 0.29) is 5.97 Å². The number of esters is 1. The Morgan fingerprint density at radius 1 is 1.27 bits per heavy atom. The van der Waals surface area contributed by atoms with Crippen molar-refractivity contribution in [3.63, 3.8) is 0 Å². The highest BCUT2D eigenvalue weighted by atomic mass is 32.1. The number of methoxy groups -OCH3 is 1. The molecule has 22 heavy (non-hydrogen) atoms. The maximum absolute atomic E-state index is 11.8. The highest BCUT2D eigenvalue weighted by Crippen LogP contribution is 2.34. The van der Waals surface area contributed by atoms with Gasteiger partial charge in [0.15, 0.2) is 0 Å². The number of pyridine rings is 1. The molecule has 1 aromatic carbocycles. The van der Waals surface area contributed by atoms with Crippen molar-refractivity contribution in [2.75, 3.05) is 7.11 Å². The van der Waals surface area contributed by atoms with Crippen molar-refractivity contribution in [3.8, 4) is 0 Å². The summed E-state index contributed by atoms with van der Waals surface area (Å²) in [5.74, 6) is -0.286. The molecule has 3 nitrogen and oxygen atoms in total. The number of benzene rings is 1. The third-order valence-electron chi connectivity index (χ3n) is 3.67. The molecule has 2 aromatic heterocycles.